The van der Waals surface area contributed by atoms with Gasteiger partial charge in [0.05, 0.1) is 0 Å². The average Bonchev–Trinajstić information content (AvgIpc) is 2.70. The van der Waals surface area contributed by atoms with Crippen molar-refractivity contribution in [3.63, 3.8) is 0 Å². The molecule has 0 radical (unpaired) electrons. The number of carbonyl (C=O) groups is 2. The molecule has 0 aliphatic carbocycles. The lowest BCUT2D eigenvalue weighted by atomic mass is 10.1. The summed E-state index contributed by atoms with van der Waals surface area (Å²) in [5.74, 6) is -17.1. The van der Waals surface area contributed by atoms with E-state index in [-0.39, 0.29) is 24.7 Å². The van der Waals surface area contributed by atoms with Crippen LogP contribution in [0.4, 0.5) is 70.2 Å². The van der Waals surface area contributed by atoms with E-state index in [0.29, 0.717) is 6.07 Å². The summed E-state index contributed by atoms with van der Waals surface area (Å²) in [7, 11) is 0. The number of hydrogen-bond acceptors (Lipinski definition) is 5. The Balaban J connectivity index is 3.40. The third-order valence-corrected chi connectivity index (χ3v) is 3.72. The Morgan fingerprint density at radius 3 is 1.43 bits per heavy atom. The summed E-state index contributed by atoms with van der Waals surface area (Å²) in [6.45, 7) is 0. The molecule has 1 aromatic rings. The van der Waals surface area contributed by atoms with Crippen molar-refractivity contribution in [1.29, 1.82) is 0 Å². The zero-order valence-corrected chi connectivity index (χ0v) is 16.6. The molecule has 0 spiro atoms. The number of benzene rings is 1. The topological polar surface area (TPSA) is 61.8 Å². The first kappa shape index (κ1) is 32.2. The van der Waals surface area contributed by atoms with Gasteiger partial charge < -0.3 is 4.74 Å². The highest BCUT2D eigenvalue weighted by Crippen LogP contribution is 2.55. The van der Waals surface area contributed by atoms with Gasteiger partial charge in [-0.2, -0.15) is 65.9 Å². The molecular formula is C16H6F16O5. The fourth-order valence-electron chi connectivity index (χ4n) is 2.01. The van der Waals surface area contributed by atoms with E-state index in [1.165, 1.54) is 4.74 Å². The maximum absolute atomic E-state index is 13.9. The van der Waals surface area contributed by atoms with Crippen molar-refractivity contribution in [2.24, 2.45) is 0 Å². The van der Waals surface area contributed by atoms with Crippen molar-refractivity contribution in [2.45, 2.75) is 48.8 Å². The Morgan fingerprint density at radius 1 is 0.649 bits per heavy atom. The number of carbonyl (C=O) groups excluding carboxylic acids is 2. The minimum absolute atomic E-state index is 0.134. The quantitative estimate of drug-likeness (QED) is 0.229. The first-order valence-electron chi connectivity index (χ1n) is 8.38. The van der Waals surface area contributed by atoms with Crippen LogP contribution in [0.25, 0.3) is 0 Å². The van der Waals surface area contributed by atoms with E-state index >= 15 is 0 Å². The van der Waals surface area contributed by atoms with Crippen molar-refractivity contribution >= 4 is 12.6 Å². The highest BCUT2D eigenvalue weighted by molar-refractivity contribution is 5.83. The zero-order chi connectivity index (χ0) is 29.5. The molecular weight excluding hydrogens is 576 g/mol. The Bertz CT molecular complexity index is 962. The smallest absolute Gasteiger partial charge is 0.428 e. The Hall–Kier alpha value is -2.84. The third-order valence-electron chi connectivity index (χ3n) is 3.72. The Morgan fingerprint density at radius 2 is 1.08 bits per heavy atom. The van der Waals surface area contributed by atoms with Crippen molar-refractivity contribution in [1.82, 2.24) is 0 Å². The van der Waals surface area contributed by atoms with Crippen molar-refractivity contribution in [2.75, 3.05) is 0 Å². The summed E-state index contributed by atoms with van der Waals surface area (Å²) in [6, 6.07) is 1.21. The molecule has 212 valence electrons. The molecule has 0 heterocycles. The number of alkyl halides is 16. The number of ether oxygens (including phenoxy) is 3. The summed E-state index contributed by atoms with van der Waals surface area (Å²) in [4.78, 5) is 21.3. The number of halogens is 16. The summed E-state index contributed by atoms with van der Waals surface area (Å²) in [6.07, 6.45) is -42.2. The van der Waals surface area contributed by atoms with Gasteiger partial charge in [0.15, 0.2) is 0 Å². The van der Waals surface area contributed by atoms with E-state index in [2.05, 4.69) is 9.47 Å². The van der Waals surface area contributed by atoms with Crippen LogP contribution in [0.3, 0.4) is 0 Å². The molecule has 2 unspecified atom stereocenters. The maximum atomic E-state index is 13.9. The second-order valence-corrected chi connectivity index (χ2v) is 6.47. The second-order valence-electron chi connectivity index (χ2n) is 6.47. The lowest BCUT2D eigenvalue weighted by molar-refractivity contribution is -0.543. The third kappa shape index (κ3) is 6.36. The van der Waals surface area contributed by atoms with Crippen LogP contribution in [0.2, 0.25) is 0 Å². The van der Waals surface area contributed by atoms with Gasteiger partial charge in [-0.3, -0.25) is 19.1 Å². The van der Waals surface area contributed by atoms with Crippen LogP contribution in [0, 0.1) is 0 Å². The van der Waals surface area contributed by atoms with Crippen molar-refractivity contribution < 1.29 is 94.0 Å². The van der Waals surface area contributed by atoms with Crippen LogP contribution in [0.1, 0.15) is 20.7 Å². The summed E-state index contributed by atoms with van der Waals surface area (Å²) in [5.41, 5.74) is -1.34. The first-order valence-corrected chi connectivity index (χ1v) is 8.38. The lowest BCUT2D eigenvalue weighted by Gasteiger charge is -2.38. The molecule has 0 saturated heterocycles. The van der Waals surface area contributed by atoms with Gasteiger partial charge in [-0.25, -0.2) is 4.39 Å². The molecule has 1 rings (SSSR count). The Kier molecular flexibility index (Phi) is 8.53. The highest BCUT2D eigenvalue weighted by Gasteiger charge is 2.84. The van der Waals surface area contributed by atoms with Crippen LogP contribution in [-0.4, -0.2) is 61.4 Å². The normalized spacial score (nSPS) is 16.6. The van der Waals surface area contributed by atoms with Gasteiger partial charge in [0.1, 0.15) is 18.3 Å². The molecule has 2 atom stereocenters. The van der Waals surface area contributed by atoms with E-state index in [4.69, 9.17) is 0 Å². The molecule has 5 nitrogen and oxygen atoms in total. The highest BCUT2D eigenvalue weighted by atomic mass is 19.4. The molecule has 21 heteroatoms. The van der Waals surface area contributed by atoms with E-state index in [1.54, 1.807) is 0 Å². The molecule has 0 fully saturated rings. The average molecular weight is 582 g/mol. The van der Waals surface area contributed by atoms with Crippen LogP contribution in [-0.2, 0) is 9.47 Å². The van der Waals surface area contributed by atoms with Crippen LogP contribution < -0.4 is 4.74 Å². The molecule has 0 aliphatic rings. The first-order chi connectivity index (χ1) is 16.3. The van der Waals surface area contributed by atoms with Crippen LogP contribution >= 0.6 is 0 Å². The molecule has 1 aromatic carbocycles. The van der Waals surface area contributed by atoms with Gasteiger partial charge in [0.25, 0.3) is 0 Å². The minimum Gasteiger partial charge on any atom is -0.428 e. The second kappa shape index (κ2) is 9.80. The summed E-state index contributed by atoms with van der Waals surface area (Å²) in [5, 5.41) is 0. The predicted octanol–water partition coefficient (Wildman–Crippen LogP) is 6.22. The fraction of sp³-hybridized carbons (Fsp3) is 0.500. The summed E-state index contributed by atoms with van der Waals surface area (Å²) >= 11 is 0. The number of rotatable bonds is 11. The van der Waals surface area contributed by atoms with E-state index < -0.39 is 65.7 Å². The molecule has 0 amide bonds. The van der Waals surface area contributed by atoms with E-state index in [9.17, 15) is 79.8 Å². The van der Waals surface area contributed by atoms with Crippen LogP contribution in [0.5, 0.6) is 5.75 Å². The van der Waals surface area contributed by atoms with Gasteiger partial charge in [0.2, 0.25) is 0 Å². The molecule has 37 heavy (non-hydrogen) atoms. The zero-order valence-electron chi connectivity index (χ0n) is 16.6. The predicted molar refractivity (Wildman–Crippen MR) is 80.6 cm³/mol. The lowest BCUT2D eigenvalue weighted by Crippen LogP contribution is -2.66. The Labute approximate surface area is 191 Å². The minimum atomic E-state index is -7.82. The monoisotopic (exact) mass is 582 g/mol. The van der Waals surface area contributed by atoms with Gasteiger partial charge in [-0.05, 0) is 18.2 Å². The van der Waals surface area contributed by atoms with Crippen molar-refractivity contribution in [3.05, 3.63) is 29.3 Å². The standard InChI is InChI=1S/C16H6F16O5/c17-9(10(18,19)35-8-2-6(4-33)1-7(3-8)5-34)36-16(31,32)12(22,14(26,27)28)37-15(29,30)11(20,21)13(23,24)25/h1-5,9H. The van der Waals surface area contributed by atoms with Gasteiger partial charge >= 0.3 is 48.8 Å². The molecule has 0 N–H and O–H groups in total. The van der Waals surface area contributed by atoms with Gasteiger partial charge in [-0.15, -0.1) is 0 Å². The maximum Gasteiger partial charge on any atom is 0.462 e. The van der Waals surface area contributed by atoms with Crippen molar-refractivity contribution in [3.8, 4) is 5.75 Å². The van der Waals surface area contributed by atoms with Gasteiger partial charge in [-0.1, -0.05) is 0 Å². The largest absolute Gasteiger partial charge is 0.462 e. The fourth-order valence-corrected chi connectivity index (χ4v) is 2.01. The molecule has 0 saturated carbocycles. The number of aldehydes is 2. The summed E-state index contributed by atoms with van der Waals surface area (Å²) < 4.78 is 216. The van der Waals surface area contributed by atoms with E-state index in [1.807, 2.05) is 0 Å². The molecule has 0 aliphatic heterocycles. The van der Waals surface area contributed by atoms with Crippen LogP contribution in [0.15, 0.2) is 18.2 Å². The van der Waals surface area contributed by atoms with E-state index in [0.717, 1.165) is 0 Å². The van der Waals surface area contributed by atoms with Gasteiger partial charge in [0, 0.05) is 11.1 Å². The molecule has 0 bridgehead atoms. The molecule has 0 aromatic heterocycles. The SMILES string of the molecule is O=Cc1cc(C=O)cc(OC(F)(F)C(F)OC(F)(F)C(F)(OC(F)(F)C(F)(F)C(F)(F)F)C(F)(F)F)c1. The number of hydrogen-bond donors (Lipinski definition) is 0.